The molecule has 1 aromatic heterocycles. The summed E-state index contributed by atoms with van der Waals surface area (Å²) in [6, 6.07) is 26.7. The number of benzene rings is 3. The van der Waals surface area contributed by atoms with Gasteiger partial charge in [-0.05, 0) is 44.0 Å². The molecule has 1 fully saturated rings. The number of hydrogen-bond donors (Lipinski definition) is 2. The summed E-state index contributed by atoms with van der Waals surface area (Å²) < 4.78 is 8.52. The van der Waals surface area contributed by atoms with Crippen molar-refractivity contribution in [1.29, 1.82) is 0 Å². The van der Waals surface area contributed by atoms with Gasteiger partial charge in [0.1, 0.15) is 11.8 Å². The first-order valence-electron chi connectivity index (χ1n) is 13.7. The largest absolute Gasteiger partial charge is 0.390 e. The van der Waals surface area contributed by atoms with E-state index >= 15 is 0 Å². The summed E-state index contributed by atoms with van der Waals surface area (Å²) in [5, 5.41) is 30.5. The van der Waals surface area contributed by atoms with Crippen molar-refractivity contribution in [3.8, 4) is 0 Å². The average Bonchev–Trinajstić information content (AvgIpc) is 3.62. The molecule has 8 heteroatoms. The number of aliphatic hydroxyl groups is 2. The van der Waals surface area contributed by atoms with Crippen LogP contribution in [0.1, 0.15) is 50.1 Å². The fourth-order valence-corrected chi connectivity index (χ4v) is 6.67. The van der Waals surface area contributed by atoms with Crippen molar-refractivity contribution in [3.05, 3.63) is 108 Å². The predicted octanol–water partition coefficient (Wildman–Crippen LogP) is 4.75. The van der Waals surface area contributed by atoms with E-state index in [1.54, 1.807) is 29.6 Å². The molecule has 0 bridgehead atoms. The Labute approximate surface area is 233 Å². The van der Waals surface area contributed by atoms with Crippen LogP contribution in [0.3, 0.4) is 0 Å². The van der Waals surface area contributed by atoms with Crippen molar-refractivity contribution in [2.45, 2.75) is 57.1 Å². The minimum atomic E-state index is -1.22. The smallest absolute Gasteiger partial charge is 0.268 e. The average molecular weight is 539 g/mol. The number of carbonyl (C=O) groups is 1. The third-order valence-corrected chi connectivity index (χ3v) is 8.41. The lowest BCUT2D eigenvalue weighted by atomic mass is 9.71. The molecule has 8 nitrogen and oxygen atoms in total. The van der Waals surface area contributed by atoms with E-state index in [9.17, 15) is 15.0 Å². The number of para-hydroxylation sites is 2. The summed E-state index contributed by atoms with van der Waals surface area (Å²) in [5.41, 5.74) is 1.29. The highest BCUT2D eigenvalue weighted by Crippen LogP contribution is 2.58. The van der Waals surface area contributed by atoms with Gasteiger partial charge in [0.05, 0.1) is 23.6 Å². The van der Waals surface area contributed by atoms with Crippen LogP contribution in [0.2, 0.25) is 0 Å². The molecule has 2 aliphatic heterocycles. The van der Waals surface area contributed by atoms with Gasteiger partial charge in [-0.15, -0.1) is 5.10 Å². The molecule has 1 amide bonds. The van der Waals surface area contributed by atoms with Crippen molar-refractivity contribution in [1.82, 2.24) is 15.0 Å². The third kappa shape index (κ3) is 4.23. The molecular formula is C32H34N4O4. The number of fused-ring (bicyclic) bond motifs is 2. The van der Waals surface area contributed by atoms with Gasteiger partial charge in [-0.1, -0.05) is 78.9 Å². The van der Waals surface area contributed by atoms with Crippen LogP contribution in [0.15, 0.2) is 91.1 Å². The number of aliphatic hydroxyl groups excluding tert-OH is 1. The highest BCUT2D eigenvalue weighted by Gasteiger charge is 2.65. The van der Waals surface area contributed by atoms with Crippen molar-refractivity contribution in [2.75, 3.05) is 4.90 Å². The highest BCUT2D eigenvalue weighted by molar-refractivity contribution is 6.12. The molecule has 2 aliphatic rings. The number of carbonyl (C=O) groups excluding carboxylic acids is 1. The van der Waals surface area contributed by atoms with Crippen LogP contribution in [0.25, 0.3) is 0 Å². The fourth-order valence-electron chi connectivity index (χ4n) is 6.67. The maximum Gasteiger partial charge on any atom is 0.268 e. The molecule has 1 spiro atoms. The van der Waals surface area contributed by atoms with E-state index in [1.807, 2.05) is 91.9 Å². The molecular weight excluding hydrogens is 504 g/mol. The quantitative estimate of drug-likeness (QED) is 0.352. The molecule has 0 unspecified atom stereocenters. The fraction of sp³-hybridized carbons (Fsp3) is 0.344. The van der Waals surface area contributed by atoms with Crippen molar-refractivity contribution in [2.24, 2.45) is 11.8 Å². The molecule has 1 saturated heterocycles. The lowest BCUT2D eigenvalue weighted by Crippen LogP contribution is -2.45. The Hall–Kier alpha value is -3.85. The standard InChI is InChI=1S/C32H34N4O4/c1-21-28(31(2,3)39)27(18-19-35-20-25(33-34-35)29(37)22-12-6-4-7-13-22)40-32(21)24-16-10-11-17-26(24)36(30(32)38)23-14-8-5-9-15-23/h4-17,20-21,27-29,37,39H,18-19H2,1-3H3/t21-,27+,28-,29+,32+/m0/s1. The summed E-state index contributed by atoms with van der Waals surface area (Å²) in [4.78, 5) is 16.1. The lowest BCUT2D eigenvalue weighted by molar-refractivity contribution is -0.145. The minimum Gasteiger partial charge on any atom is -0.390 e. The molecule has 40 heavy (non-hydrogen) atoms. The van der Waals surface area contributed by atoms with Gasteiger partial charge < -0.3 is 14.9 Å². The minimum absolute atomic E-state index is 0.141. The van der Waals surface area contributed by atoms with Crippen LogP contribution in [-0.2, 0) is 21.7 Å². The van der Waals surface area contributed by atoms with Crippen LogP contribution in [0.4, 0.5) is 11.4 Å². The normalized spacial score (nSPS) is 25.0. The maximum absolute atomic E-state index is 14.4. The number of anilines is 2. The first-order valence-corrected chi connectivity index (χ1v) is 13.7. The van der Waals surface area contributed by atoms with Crippen molar-refractivity contribution >= 4 is 17.3 Å². The Bertz CT molecular complexity index is 1500. The number of nitrogens with zero attached hydrogens (tertiary/aromatic N) is 4. The van der Waals surface area contributed by atoms with Gasteiger partial charge in [-0.2, -0.15) is 0 Å². The van der Waals surface area contributed by atoms with Gasteiger partial charge in [0.2, 0.25) is 0 Å². The number of rotatable bonds is 7. The van der Waals surface area contributed by atoms with Gasteiger partial charge in [0, 0.05) is 29.6 Å². The van der Waals surface area contributed by atoms with Gasteiger partial charge >= 0.3 is 0 Å². The summed E-state index contributed by atoms with van der Waals surface area (Å²) in [6.45, 7) is 6.03. The summed E-state index contributed by atoms with van der Waals surface area (Å²) >= 11 is 0. The SMILES string of the molecule is C[C@H]1[C@H](C(C)(C)O)[C@@H](CCn2cc([C@H](O)c3ccccc3)nn2)O[C@]12C(=O)N(c1ccccc1)c1ccccc12. The highest BCUT2D eigenvalue weighted by atomic mass is 16.5. The van der Waals surface area contributed by atoms with E-state index in [4.69, 9.17) is 4.74 Å². The summed E-state index contributed by atoms with van der Waals surface area (Å²) in [7, 11) is 0. The van der Waals surface area contributed by atoms with Crippen LogP contribution in [0.5, 0.6) is 0 Å². The van der Waals surface area contributed by atoms with E-state index in [-0.39, 0.29) is 17.7 Å². The number of aryl methyl sites for hydroxylation is 1. The van der Waals surface area contributed by atoms with Crippen LogP contribution in [0, 0.1) is 11.8 Å². The van der Waals surface area contributed by atoms with Crippen molar-refractivity contribution < 1.29 is 19.7 Å². The first kappa shape index (κ1) is 26.4. The number of ether oxygens (including phenoxy) is 1. The Kier molecular flexibility index (Phi) is 6.57. The molecule has 2 N–H and O–H groups in total. The first-order chi connectivity index (χ1) is 19.2. The molecule has 4 aromatic rings. The second-order valence-corrected chi connectivity index (χ2v) is 11.4. The molecule has 3 aromatic carbocycles. The van der Waals surface area contributed by atoms with Crippen LogP contribution < -0.4 is 4.90 Å². The Morgan fingerprint density at radius 1 is 1.00 bits per heavy atom. The van der Waals surface area contributed by atoms with E-state index in [0.29, 0.717) is 18.7 Å². The summed E-state index contributed by atoms with van der Waals surface area (Å²) in [5.74, 6) is -0.762. The van der Waals surface area contributed by atoms with Crippen LogP contribution in [-0.4, -0.2) is 42.8 Å². The van der Waals surface area contributed by atoms with Gasteiger partial charge in [0.25, 0.3) is 5.91 Å². The Morgan fingerprint density at radius 3 is 2.35 bits per heavy atom. The summed E-state index contributed by atoms with van der Waals surface area (Å²) in [6.07, 6.45) is 0.945. The molecule has 0 radical (unpaired) electrons. The van der Waals surface area contributed by atoms with Gasteiger partial charge in [0.15, 0.2) is 5.60 Å². The van der Waals surface area contributed by atoms with Crippen molar-refractivity contribution in [3.63, 3.8) is 0 Å². The number of aromatic nitrogens is 3. The van der Waals surface area contributed by atoms with Crippen LogP contribution >= 0.6 is 0 Å². The zero-order chi connectivity index (χ0) is 28.1. The van der Waals surface area contributed by atoms with E-state index in [1.165, 1.54) is 0 Å². The second-order valence-electron chi connectivity index (χ2n) is 11.4. The number of amides is 1. The Morgan fingerprint density at radius 2 is 1.65 bits per heavy atom. The molecule has 5 atom stereocenters. The zero-order valence-electron chi connectivity index (χ0n) is 22.9. The van der Waals surface area contributed by atoms with Gasteiger partial charge in [-0.3, -0.25) is 14.4 Å². The lowest BCUT2D eigenvalue weighted by Gasteiger charge is -2.34. The Balaban J connectivity index is 1.30. The molecule has 6 rings (SSSR count). The van der Waals surface area contributed by atoms with E-state index in [0.717, 1.165) is 22.5 Å². The van der Waals surface area contributed by atoms with E-state index in [2.05, 4.69) is 10.3 Å². The third-order valence-electron chi connectivity index (χ3n) is 8.41. The maximum atomic E-state index is 14.4. The topological polar surface area (TPSA) is 101 Å². The zero-order valence-corrected chi connectivity index (χ0v) is 22.9. The second kappa shape index (κ2) is 9.96. The predicted molar refractivity (Wildman–Crippen MR) is 151 cm³/mol. The monoisotopic (exact) mass is 538 g/mol. The molecule has 0 saturated carbocycles. The van der Waals surface area contributed by atoms with E-state index < -0.39 is 23.4 Å². The molecule has 3 heterocycles. The van der Waals surface area contributed by atoms with Gasteiger partial charge in [-0.25, -0.2) is 0 Å². The molecule has 206 valence electrons. The molecule has 0 aliphatic carbocycles. The number of hydrogen-bond acceptors (Lipinski definition) is 6.